The molecule has 0 radical (unpaired) electrons. The molecular formula is C23H27FN4O6S. The summed E-state index contributed by atoms with van der Waals surface area (Å²) in [5.41, 5.74) is 7.47. The molecule has 0 aliphatic carbocycles. The third-order valence-corrected chi connectivity index (χ3v) is 6.66. The lowest BCUT2D eigenvalue weighted by molar-refractivity contribution is -0.122. The van der Waals surface area contributed by atoms with Crippen molar-refractivity contribution >= 4 is 44.5 Å². The number of rotatable bonds is 8. The van der Waals surface area contributed by atoms with E-state index in [-0.39, 0.29) is 34.1 Å². The highest BCUT2D eigenvalue weighted by Gasteiger charge is 2.21. The topological polar surface area (TPSA) is 152 Å². The van der Waals surface area contributed by atoms with Gasteiger partial charge in [0.1, 0.15) is 0 Å². The summed E-state index contributed by atoms with van der Waals surface area (Å²) in [6.07, 6.45) is 1.33. The molecule has 4 N–H and O–H groups in total. The molecule has 0 unspecified atom stereocenters. The molecule has 12 heteroatoms. The Bertz CT molecular complexity index is 1350. The molecule has 3 aromatic rings. The van der Waals surface area contributed by atoms with E-state index >= 15 is 0 Å². The lowest BCUT2D eigenvalue weighted by Gasteiger charge is -2.16. The second kappa shape index (κ2) is 11.6. The number of halogens is 1. The molecule has 1 aromatic heterocycles. The second-order valence-corrected chi connectivity index (χ2v) is 9.86. The fourth-order valence-electron chi connectivity index (χ4n) is 3.25. The van der Waals surface area contributed by atoms with Crippen LogP contribution in [0.5, 0.6) is 5.75 Å². The van der Waals surface area contributed by atoms with Crippen molar-refractivity contribution in [2.24, 2.45) is 5.73 Å². The normalized spacial score (nSPS) is 11.0. The average molecular weight is 507 g/mol. The van der Waals surface area contributed by atoms with Gasteiger partial charge >= 0.3 is 0 Å². The van der Waals surface area contributed by atoms with Crippen molar-refractivity contribution in [1.29, 1.82) is 0 Å². The standard InChI is InChI=1S/C22H25FN4O4S.CH2O2/c1-13-9-15(32(29,30)8-7-27(2)3)11-16-20(13)25-12-17(22(24)28)21(16)26-14-5-6-18(23)19(10-14)31-4;2-1-3/h5-6,9-12H,7-8H2,1-4H3,(H2,24,28)(H,25,26);1H,(H,2,3). The molecule has 0 aliphatic heterocycles. The van der Waals surface area contributed by atoms with Gasteiger partial charge in [-0.1, -0.05) is 0 Å². The maximum atomic E-state index is 13.8. The number of amides is 1. The first-order valence-electron chi connectivity index (χ1n) is 10.2. The SMILES string of the molecule is COc1cc(Nc2c(C(N)=O)cnc3c(C)cc(S(=O)(=O)CCN(C)C)cc23)ccc1F.O=CO. The Morgan fingerprint density at radius 1 is 1.29 bits per heavy atom. The van der Waals surface area contributed by atoms with Crippen LogP contribution < -0.4 is 15.8 Å². The molecule has 0 saturated carbocycles. The van der Waals surface area contributed by atoms with Crippen LogP contribution in [0.1, 0.15) is 15.9 Å². The first-order valence-corrected chi connectivity index (χ1v) is 11.9. The molecule has 0 saturated heterocycles. The highest BCUT2D eigenvalue weighted by Crippen LogP contribution is 2.34. The minimum Gasteiger partial charge on any atom is -0.494 e. The highest BCUT2D eigenvalue weighted by atomic mass is 32.2. The number of hydrogen-bond donors (Lipinski definition) is 3. The van der Waals surface area contributed by atoms with Crippen molar-refractivity contribution in [3.63, 3.8) is 0 Å². The summed E-state index contributed by atoms with van der Waals surface area (Å²) in [4.78, 5) is 26.7. The van der Waals surface area contributed by atoms with Gasteiger partial charge in [-0.25, -0.2) is 12.8 Å². The summed E-state index contributed by atoms with van der Waals surface area (Å²) in [5.74, 6) is -1.34. The first-order chi connectivity index (χ1) is 16.4. The number of hydrogen-bond acceptors (Lipinski definition) is 8. The van der Waals surface area contributed by atoms with E-state index in [4.69, 9.17) is 20.4 Å². The lowest BCUT2D eigenvalue weighted by Crippen LogP contribution is -2.22. The summed E-state index contributed by atoms with van der Waals surface area (Å²) < 4.78 is 44.7. The number of nitrogens with one attached hydrogen (secondary N) is 1. The van der Waals surface area contributed by atoms with Crippen LogP contribution in [0, 0.1) is 12.7 Å². The molecule has 0 spiro atoms. The van der Waals surface area contributed by atoms with Crippen LogP contribution in [0.2, 0.25) is 0 Å². The molecular weight excluding hydrogens is 479 g/mol. The summed E-state index contributed by atoms with van der Waals surface area (Å²) in [6, 6.07) is 7.16. The van der Waals surface area contributed by atoms with Gasteiger partial charge in [0.05, 0.1) is 34.5 Å². The highest BCUT2D eigenvalue weighted by molar-refractivity contribution is 7.91. The number of primary amides is 1. The van der Waals surface area contributed by atoms with Gasteiger partial charge in [0.15, 0.2) is 21.4 Å². The quantitative estimate of drug-likeness (QED) is 0.391. The van der Waals surface area contributed by atoms with Crippen LogP contribution in [0.3, 0.4) is 0 Å². The summed E-state index contributed by atoms with van der Waals surface area (Å²) in [5, 5.41) is 10.4. The third-order valence-electron chi connectivity index (χ3n) is 4.99. The zero-order valence-corrected chi connectivity index (χ0v) is 20.5. The predicted molar refractivity (Wildman–Crippen MR) is 131 cm³/mol. The molecule has 1 amide bonds. The van der Waals surface area contributed by atoms with E-state index < -0.39 is 21.6 Å². The van der Waals surface area contributed by atoms with E-state index in [0.29, 0.717) is 28.7 Å². The number of nitrogens with two attached hydrogens (primary N) is 1. The van der Waals surface area contributed by atoms with E-state index in [0.717, 1.165) is 0 Å². The van der Waals surface area contributed by atoms with Crippen LogP contribution in [0.4, 0.5) is 15.8 Å². The van der Waals surface area contributed by atoms with Gasteiger partial charge in [-0.3, -0.25) is 14.6 Å². The number of pyridine rings is 1. The number of fused-ring (bicyclic) bond motifs is 1. The summed E-state index contributed by atoms with van der Waals surface area (Å²) in [7, 11) is 1.34. The Labute approximate surface area is 202 Å². The number of carbonyl (C=O) groups excluding carboxylic acids is 1. The zero-order chi connectivity index (χ0) is 26.3. The number of carbonyl (C=O) groups is 2. The largest absolute Gasteiger partial charge is 0.494 e. The number of benzene rings is 2. The Hall–Kier alpha value is -3.77. The average Bonchev–Trinajstić information content (AvgIpc) is 2.79. The van der Waals surface area contributed by atoms with Gasteiger partial charge in [0.25, 0.3) is 12.4 Å². The second-order valence-electron chi connectivity index (χ2n) is 7.75. The molecule has 0 atom stereocenters. The van der Waals surface area contributed by atoms with Gasteiger partial charge in [0.2, 0.25) is 0 Å². The minimum absolute atomic E-state index is 0.0112. The molecule has 0 bridgehead atoms. The van der Waals surface area contributed by atoms with Crippen LogP contribution in [0.25, 0.3) is 10.9 Å². The van der Waals surface area contributed by atoms with Crippen LogP contribution in [-0.4, -0.2) is 69.3 Å². The summed E-state index contributed by atoms with van der Waals surface area (Å²) >= 11 is 0. The molecule has 0 aliphatic rings. The van der Waals surface area contributed by atoms with Gasteiger partial charge < -0.3 is 25.8 Å². The van der Waals surface area contributed by atoms with E-state index in [1.54, 1.807) is 32.0 Å². The van der Waals surface area contributed by atoms with E-state index in [1.165, 1.54) is 37.6 Å². The number of methoxy groups -OCH3 is 1. The van der Waals surface area contributed by atoms with Crippen molar-refractivity contribution in [2.75, 3.05) is 38.8 Å². The molecule has 35 heavy (non-hydrogen) atoms. The number of aryl methyl sites for hydroxylation is 1. The minimum atomic E-state index is -3.59. The maximum Gasteiger partial charge on any atom is 0.290 e. The number of sulfone groups is 1. The Kier molecular flexibility index (Phi) is 9.09. The number of anilines is 2. The van der Waals surface area contributed by atoms with Crippen molar-refractivity contribution in [3.05, 3.63) is 53.5 Å². The Morgan fingerprint density at radius 3 is 2.51 bits per heavy atom. The van der Waals surface area contributed by atoms with Crippen molar-refractivity contribution in [1.82, 2.24) is 9.88 Å². The van der Waals surface area contributed by atoms with Gasteiger partial charge in [-0.05, 0) is 50.8 Å². The Balaban J connectivity index is 0.00000137. The van der Waals surface area contributed by atoms with E-state index in [1.807, 2.05) is 0 Å². The van der Waals surface area contributed by atoms with Gasteiger partial charge in [-0.2, -0.15) is 0 Å². The number of carboxylic acid groups (broad SMARTS) is 1. The maximum absolute atomic E-state index is 13.8. The molecule has 2 aromatic carbocycles. The molecule has 3 rings (SSSR count). The van der Waals surface area contributed by atoms with Crippen LogP contribution >= 0.6 is 0 Å². The van der Waals surface area contributed by atoms with Gasteiger partial charge in [-0.15, -0.1) is 0 Å². The fraction of sp³-hybridized carbons (Fsp3) is 0.261. The zero-order valence-electron chi connectivity index (χ0n) is 19.7. The van der Waals surface area contributed by atoms with E-state index in [9.17, 15) is 17.6 Å². The first kappa shape index (κ1) is 27.5. The van der Waals surface area contributed by atoms with E-state index in [2.05, 4.69) is 10.3 Å². The number of aromatic nitrogens is 1. The molecule has 10 nitrogen and oxygen atoms in total. The smallest absolute Gasteiger partial charge is 0.290 e. The predicted octanol–water partition coefficient (Wildman–Crippen LogP) is 2.57. The number of ether oxygens (including phenoxy) is 1. The monoisotopic (exact) mass is 506 g/mol. The lowest BCUT2D eigenvalue weighted by atomic mass is 10.1. The Morgan fingerprint density at radius 2 is 1.94 bits per heavy atom. The molecule has 0 fully saturated rings. The fourth-order valence-corrected chi connectivity index (χ4v) is 4.75. The van der Waals surface area contributed by atoms with Crippen molar-refractivity contribution in [3.8, 4) is 5.75 Å². The molecule has 188 valence electrons. The summed E-state index contributed by atoms with van der Waals surface area (Å²) in [6.45, 7) is 1.86. The van der Waals surface area contributed by atoms with Crippen LogP contribution in [0.15, 0.2) is 41.4 Å². The van der Waals surface area contributed by atoms with Crippen LogP contribution in [-0.2, 0) is 14.6 Å². The number of nitrogens with zero attached hydrogens (tertiary/aromatic N) is 2. The molecule has 1 heterocycles. The van der Waals surface area contributed by atoms with Crippen molar-refractivity contribution in [2.45, 2.75) is 11.8 Å². The van der Waals surface area contributed by atoms with Gasteiger partial charge in [0, 0.05) is 29.9 Å². The van der Waals surface area contributed by atoms with Crippen molar-refractivity contribution < 1.29 is 32.2 Å². The third kappa shape index (κ3) is 6.64.